The van der Waals surface area contributed by atoms with Crippen LogP contribution in [0, 0.1) is 0 Å². The molecule has 1 aromatic rings. The maximum atomic E-state index is 10.3. The highest BCUT2D eigenvalue weighted by Gasteiger charge is 2.25. The van der Waals surface area contributed by atoms with E-state index in [-0.39, 0.29) is 18.2 Å². The highest BCUT2D eigenvalue weighted by Crippen LogP contribution is 2.29. The minimum Gasteiger partial charge on any atom is -0.391 e. The van der Waals surface area contributed by atoms with Crippen LogP contribution in [-0.4, -0.2) is 20.8 Å². The summed E-state index contributed by atoms with van der Waals surface area (Å²) < 4.78 is 2.18. The Morgan fingerprint density at radius 2 is 2.17 bits per heavy atom. The van der Waals surface area contributed by atoms with E-state index in [2.05, 4.69) is 16.5 Å². The maximum Gasteiger partial charge on any atom is 0.109 e. The number of aliphatic hydroxyl groups excluding tert-OH is 1. The molecule has 102 valence electrons. The molecule has 0 amide bonds. The zero-order chi connectivity index (χ0) is 13.1. The summed E-state index contributed by atoms with van der Waals surface area (Å²) in [7, 11) is 0. The zero-order valence-corrected chi connectivity index (χ0v) is 11.5. The van der Waals surface area contributed by atoms with Gasteiger partial charge in [0.05, 0.1) is 17.8 Å². The molecular weight excluding hydrogens is 226 g/mol. The second-order valence-corrected chi connectivity index (χ2v) is 5.40. The lowest BCUT2D eigenvalue weighted by Gasteiger charge is -2.23. The van der Waals surface area contributed by atoms with E-state index < -0.39 is 0 Å². The molecule has 3 atom stereocenters. The lowest BCUT2D eigenvalue weighted by Crippen LogP contribution is -2.24. The minimum absolute atomic E-state index is 0.0422. The SMILES string of the molecule is CCc1nc(C(C)N)cn1C1CCCCCC1O. The number of imidazole rings is 1. The fraction of sp³-hybridized carbons (Fsp3) is 0.786. The van der Waals surface area contributed by atoms with Gasteiger partial charge in [0, 0.05) is 18.7 Å². The van der Waals surface area contributed by atoms with Crippen LogP contribution < -0.4 is 5.73 Å². The average Bonchev–Trinajstić information content (AvgIpc) is 2.66. The predicted octanol–water partition coefficient (Wildman–Crippen LogP) is 2.33. The van der Waals surface area contributed by atoms with E-state index >= 15 is 0 Å². The van der Waals surface area contributed by atoms with E-state index in [1.807, 2.05) is 13.1 Å². The molecule has 1 aromatic heterocycles. The lowest BCUT2D eigenvalue weighted by molar-refractivity contribution is 0.104. The number of rotatable bonds is 3. The topological polar surface area (TPSA) is 64.1 Å². The van der Waals surface area contributed by atoms with E-state index in [0.717, 1.165) is 37.2 Å². The summed E-state index contributed by atoms with van der Waals surface area (Å²) in [5.74, 6) is 1.05. The molecule has 0 aromatic carbocycles. The standard InChI is InChI=1S/C14H25N3O/c1-3-14-16-11(10(2)15)9-17(14)12-7-5-4-6-8-13(12)18/h9-10,12-13,18H,3-8,15H2,1-2H3. The summed E-state index contributed by atoms with van der Waals surface area (Å²) in [6.45, 7) is 4.06. The van der Waals surface area contributed by atoms with Gasteiger partial charge < -0.3 is 15.4 Å². The van der Waals surface area contributed by atoms with Gasteiger partial charge in [0.2, 0.25) is 0 Å². The summed E-state index contributed by atoms with van der Waals surface area (Å²) >= 11 is 0. The first-order chi connectivity index (χ1) is 8.63. The highest BCUT2D eigenvalue weighted by atomic mass is 16.3. The number of aromatic nitrogens is 2. The van der Waals surface area contributed by atoms with Crippen molar-refractivity contribution in [3.8, 4) is 0 Å². The van der Waals surface area contributed by atoms with Crippen molar-refractivity contribution in [2.75, 3.05) is 0 Å². The van der Waals surface area contributed by atoms with Gasteiger partial charge in [-0.1, -0.05) is 26.2 Å². The number of aryl methyl sites for hydroxylation is 1. The van der Waals surface area contributed by atoms with E-state index in [9.17, 15) is 5.11 Å². The Morgan fingerprint density at radius 1 is 1.44 bits per heavy atom. The molecule has 0 radical (unpaired) electrons. The van der Waals surface area contributed by atoms with Crippen molar-refractivity contribution in [3.63, 3.8) is 0 Å². The van der Waals surface area contributed by atoms with Gasteiger partial charge in [0.15, 0.2) is 0 Å². The van der Waals surface area contributed by atoms with Crippen molar-refractivity contribution in [1.82, 2.24) is 9.55 Å². The molecule has 18 heavy (non-hydrogen) atoms. The van der Waals surface area contributed by atoms with Crippen LogP contribution in [0.4, 0.5) is 0 Å². The van der Waals surface area contributed by atoms with Crippen molar-refractivity contribution in [1.29, 1.82) is 0 Å². The first-order valence-electron chi connectivity index (χ1n) is 7.14. The van der Waals surface area contributed by atoms with Crippen molar-refractivity contribution >= 4 is 0 Å². The Hall–Kier alpha value is -0.870. The van der Waals surface area contributed by atoms with Gasteiger partial charge in [-0.2, -0.15) is 0 Å². The van der Waals surface area contributed by atoms with Crippen LogP contribution in [0.25, 0.3) is 0 Å². The number of aliphatic hydroxyl groups is 1. The van der Waals surface area contributed by atoms with E-state index in [1.165, 1.54) is 12.8 Å². The quantitative estimate of drug-likeness (QED) is 0.810. The van der Waals surface area contributed by atoms with Crippen LogP contribution in [0.2, 0.25) is 0 Å². The normalized spacial score (nSPS) is 26.9. The third kappa shape index (κ3) is 2.75. The van der Waals surface area contributed by atoms with Crippen LogP contribution in [0.3, 0.4) is 0 Å². The van der Waals surface area contributed by atoms with E-state index in [0.29, 0.717) is 0 Å². The Bertz CT molecular complexity index is 386. The molecular formula is C14H25N3O. The van der Waals surface area contributed by atoms with Crippen LogP contribution >= 0.6 is 0 Å². The molecule has 1 heterocycles. The van der Waals surface area contributed by atoms with Crippen LogP contribution in [0.15, 0.2) is 6.20 Å². The first-order valence-corrected chi connectivity index (χ1v) is 7.14. The summed E-state index contributed by atoms with van der Waals surface area (Å²) in [5, 5.41) is 10.3. The summed E-state index contributed by atoms with van der Waals surface area (Å²) in [6, 6.07) is 0.141. The molecule has 1 aliphatic carbocycles. The van der Waals surface area contributed by atoms with E-state index in [4.69, 9.17) is 5.73 Å². The molecule has 4 nitrogen and oxygen atoms in total. The highest BCUT2D eigenvalue weighted by molar-refractivity contribution is 5.10. The molecule has 1 aliphatic rings. The Labute approximate surface area is 109 Å². The monoisotopic (exact) mass is 251 g/mol. The molecule has 0 saturated heterocycles. The Balaban J connectivity index is 2.29. The van der Waals surface area contributed by atoms with Crippen molar-refractivity contribution in [2.24, 2.45) is 5.73 Å². The van der Waals surface area contributed by atoms with Gasteiger partial charge in [0.1, 0.15) is 5.82 Å². The lowest BCUT2D eigenvalue weighted by atomic mass is 10.1. The van der Waals surface area contributed by atoms with Crippen LogP contribution in [0.5, 0.6) is 0 Å². The van der Waals surface area contributed by atoms with Crippen molar-refractivity contribution in [3.05, 3.63) is 17.7 Å². The molecule has 3 unspecified atom stereocenters. The van der Waals surface area contributed by atoms with Crippen LogP contribution in [-0.2, 0) is 6.42 Å². The van der Waals surface area contributed by atoms with Gasteiger partial charge in [-0.3, -0.25) is 0 Å². The van der Waals surface area contributed by atoms with E-state index in [1.54, 1.807) is 0 Å². The van der Waals surface area contributed by atoms with Crippen molar-refractivity contribution < 1.29 is 5.11 Å². The molecule has 0 bridgehead atoms. The zero-order valence-electron chi connectivity index (χ0n) is 11.5. The number of hydrogen-bond acceptors (Lipinski definition) is 3. The number of nitrogens with two attached hydrogens (primary N) is 1. The van der Waals surface area contributed by atoms with Gasteiger partial charge in [0.25, 0.3) is 0 Å². The summed E-state index contributed by atoms with van der Waals surface area (Å²) in [5.41, 5.74) is 6.84. The molecule has 1 saturated carbocycles. The first kappa shape index (κ1) is 13.6. The molecule has 1 fully saturated rings. The second kappa shape index (κ2) is 5.85. The molecule has 3 N–H and O–H groups in total. The molecule has 0 spiro atoms. The van der Waals surface area contributed by atoms with Gasteiger partial charge >= 0.3 is 0 Å². The number of hydrogen-bond donors (Lipinski definition) is 2. The third-order valence-electron chi connectivity index (χ3n) is 3.91. The fourth-order valence-corrected chi connectivity index (χ4v) is 2.81. The van der Waals surface area contributed by atoms with Gasteiger partial charge in [-0.15, -0.1) is 0 Å². The van der Waals surface area contributed by atoms with Crippen molar-refractivity contribution in [2.45, 2.75) is 70.6 Å². The average molecular weight is 251 g/mol. The second-order valence-electron chi connectivity index (χ2n) is 5.40. The molecule has 4 heteroatoms. The Kier molecular flexibility index (Phi) is 4.40. The Morgan fingerprint density at radius 3 is 2.83 bits per heavy atom. The molecule has 0 aliphatic heterocycles. The van der Waals surface area contributed by atoms with Gasteiger partial charge in [-0.25, -0.2) is 4.98 Å². The minimum atomic E-state index is -0.243. The predicted molar refractivity (Wildman–Crippen MR) is 72.3 cm³/mol. The van der Waals surface area contributed by atoms with Crippen LogP contribution in [0.1, 0.15) is 69.6 Å². The smallest absolute Gasteiger partial charge is 0.109 e. The summed E-state index contributed by atoms with van der Waals surface area (Å²) in [6.07, 6.45) is 8.18. The molecule has 2 rings (SSSR count). The third-order valence-corrected chi connectivity index (χ3v) is 3.91. The largest absolute Gasteiger partial charge is 0.391 e. The maximum absolute atomic E-state index is 10.3. The summed E-state index contributed by atoms with van der Waals surface area (Å²) in [4.78, 5) is 4.60. The fourth-order valence-electron chi connectivity index (χ4n) is 2.81. The number of nitrogens with zero attached hydrogens (tertiary/aromatic N) is 2. The van der Waals surface area contributed by atoms with Gasteiger partial charge in [-0.05, 0) is 19.8 Å².